The van der Waals surface area contributed by atoms with Crippen LogP contribution in [0.3, 0.4) is 0 Å². The van der Waals surface area contributed by atoms with E-state index in [2.05, 4.69) is 22.2 Å². The molecule has 2 saturated heterocycles. The van der Waals surface area contributed by atoms with Gasteiger partial charge >= 0.3 is 0 Å². The lowest BCUT2D eigenvalue weighted by Crippen LogP contribution is -2.62. The number of carbonyl (C=O) groups excluding carboxylic acids is 2. The quantitative estimate of drug-likeness (QED) is 0.891. The number of aromatic nitrogens is 1. The minimum atomic E-state index is -0.0714. The highest BCUT2D eigenvalue weighted by Gasteiger charge is 2.41. The largest absolute Gasteiger partial charge is 0.356 e. The molecule has 1 atom stereocenters. The van der Waals surface area contributed by atoms with Crippen LogP contribution in [-0.2, 0) is 16.0 Å². The van der Waals surface area contributed by atoms with Gasteiger partial charge in [-0.2, -0.15) is 0 Å². The first kappa shape index (κ1) is 16.9. The van der Waals surface area contributed by atoms with Crippen molar-refractivity contribution < 1.29 is 9.59 Å². The van der Waals surface area contributed by atoms with Crippen LogP contribution in [-0.4, -0.2) is 65.4 Å². The van der Waals surface area contributed by atoms with Gasteiger partial charge in [-0.05, 0) is 38.4 Å². The van der Waals surface area contributed by atoms with Crippen molar-refractivity contribution in [2.24, 2.45) is 0 Å². The van der Waals surface area contributed by atoms with E-state index in [-0.39, 0.29) is 17.4 Å². The number of aryl methyl sites for hydroxylation is 1. The molecule has 2 aliphatic rings. The first-order valence-corrected chi connectivity index (χ1v) is 8.75. The zero-order valence-electron chi connectivity index (χ0n) is 14.3. The van der Waals surface area contributed by atoms with Crippen molar-refractivity contribution in [3.63, 3.8) is 0 Å². The molecule has 1 aromatic rings. The molecule has 0 aromatic carbocycles. The van der Waals surface area contributed by atoms with Crippen LogP contribution in [0.5, 0.6) is 0 Å². The van der Waals surface area contributed by atoms with Gasteiger partial charge in [0.1, 0.15) is 0 Å². The summed E-state index contributed by atoms with van der Waals surface area (Å²) in [6.07, 6.45) is 5.20. The van der Waals surface area contributed by atoms with Crippen LogP contribution in [0.1, 0.15) is 31.4 Å². The van der Waals surface area contributed by atoms with Crippen LogP contribution in [0, 0.1) is 0 Å². The Morgan fingerprint density at radius 1 is 1.33 bits per heavy atom. The number of hydrogen-bond donors (Lipinski definition) is 1. The number of rotatable bonds is 3. The third-order valence-corrected chi connectivity index (χ3v) is 5.40. The summed E-state index contributed by atoms with van der Waals surface area (Å²) in [6.45, 7) is 3.04. The van der Waals surface area contributed by atoms with Crippen LogP contribution in [0.15, 0.2) is 24.4 Å². The van der Waals surface area contributed by atoms with Crippen molar-refractivity contribution >= 4 is 11.8 Å². The van der Waals surface area contributed by atoms with Gasteiger partial charge in [-0.25, -0.2) is 0 Å². The van der Waals surface area contributed by atoms with Crippen molar-refractivity contribution in [3.05, 3.63) is 30.1 Å². The lowest BCUT2D eigenvalue weighted by molar-refractivity contribution is -0.136. The first-order chi connectivity index (χ1) is 11.6. The number of amides is 2. The number of hydrogen-bond acceptors (Lipinski definition) is 4. The normalized spacial score (nSPS) is 25.4. The fourth-order valence-electron chi connectivity index (χ4n) is 3.75. The van der Waals surface area contributed by atoms with E-state index < -0.39 is 0 Å². The highest BCUT2D eigenvalue weighted by Crippen LogP contribution is 2.30. The summed E-state index contributed by atoms with van der Waals surface area (Å²) >= 11 is 0. The second-order valence-electron chi connectivity index (χ2n) is 6.88. The molecule has 2 fully saturated rings. The van der Waals surface area contributed by atoms with E-state index in [1.165, 1.54) is 0 Å². The molecule has 2 aliphatic heterocycles. The van der Waals surface area contributed by atoms with E-state index in [1.54, 1.807) is 6.20 Å². The summed E-state index contributed by atoms with van der Waals surface area (Å²) in [5.74, 6) is 0.315. The number of piperazine rings is 1. The summed E-state index contributed by atoms with van der Waals surface area (Å²) in [6, 6.07) is 5.80. The third-order valence-electron chi connectivity index (χ3n) is 5.40. The maximum absolute atomic E-state index is 12.7. The SMILES string of the molecule is CN1CCN(C(=O)CCc2ccccn2)CC12CCNC(=O)CC2. The Morgan fingerprint density at radius 2 is 2.21 bits per heavy atom. The molecule has 3 rings (SSSR count). The molecule has 1 N–H and O–H groups in total. The Labute approximate surface area is 143 Å². The summed E-state index contributed by atoms with van der Waals surface area (Å²) in [4.78, 5) is 32.9. The molecule has 6 heteroatoms. The Balaban J connectivity index is 1.62. The molecule has 3 heterocycles. The van der Waals surface area contributed by atoms with Gasteiger partial charge in [-0.3, -0.25) is 19.5 Å². The Hall–Kier alpha value is -1.95. The molecule has 24 heavy (non-hydrogen) atoms. The topological polar surface area (TPSA) is 65.5 Å². The van der Waals surface area contributed by atoms with Gasteiger partial charge in [0.05, 0.1) is 0 Å². The van der Waals surface area contributed by atoms with Gasteiger partial charge in [-0.1, -0.05) is 6.07 Å². The average molecular weight is 330 g/mol. The molecular weight excluding hydrogens is 304 g/mol. The molecule has 0 saturated carbocycles. The maximum atomic E-state index is 12.7. The fourth-order valence-corrected chi connectivity index (χ4v) is 3.75. The number of nitrogens with zero attached hydrogens (tertiary/aromatic N) is 3. The monoisotopic (exact) mass is 330 g/mol. The van der Waals surface area contributed by atoms with Crippen LogP contribution in [0.25, 0.3) is 0 Å². The lowest BCUT2D eigenvalue weighted by Gasteiger charge is -2.49. The molecule has 0 aliphatic carbocycles. The van der Waals surface area contributed by atoms with Gasteiger partial charge in [0.25, 0.3) is 0 Å². The maximum Gasteiger partial charge on any atom is 0.223 e. The molecule has 130 valence electrons. The minimum absolute atomic E-state index is 0.0714. The van der Waals surface area contributed by atoms with Crippen molar-refractivity contribution in [1.29, 1.82) is 0 Å². The molecular formula is C18H26N4O2. The van der Waals surface area contributed by atoms with Crippen molar-refractivity contribution in [3.8, 4) is 0 Å². The molecule has 1 spiro atoms. The third kappa shape index (κ3) is 3.75. The predicted octanol–water partition coefficient (Wildman–Crippen LogP) is 0.827. The van der Waals surface area contributed by atoms with Gasteiger partial charge in [0.15, 0.2) is 0 Å². The van der Waals surface area contributed by atoms with E-state index >= 15 is 0 Å². The van der Waals surface area contributed by atoms with Gasteiger partial charge in [0.2, 0.25) is 11.8 Å². The first-order valence-electron chi connectivity index (χ1n) is 8.75. The molecule has 6 nitrogen and oxygen atoms in total. The van der Waals surface area contributed by atoms with E-state index in [1.807, 2.05) is 23.1 Å². The fraction of sp³-hybridized carbons (Fsp3) is 0.611. The molecule has 0 radical (unpaired) electrons. The zero-order chi connectivity index (χ0) is 17.0. The average Bonchev–Trinajstić information content (AvgIpc) is 2.79. The summed E-state index contributed by atoms with van der Waals surface area (Å²) < 4.78 is 0. The highest BCUT2D eigenvalue weighted by atomic mass is 16.2. The molecule has 1 aromatic heterocycles. The predicted molar refractivity (Wildman–Crippen MR) is 91.4 cm³/mol. The smallest absolute Gasteiger partial charge is 0.223 e. The number of likely N-dealkylation sites (N-methyl/N-ethyl adjacent to an activating group) is 1. The van der Waals surface area contributed by atoms with E-state index in [9.17, 15) is 9.59 Å². The molecule has 2 amide bonds. The number of pyridine rings is 1. The number of nitrogens with one attached hydrogen (secondary N) is 1. The minimum Gasteiger partial charge on any atom is -0.356 e. The van der Waals surface area contributed by atoms with E-state index in [0.717, 1.165) is 38.2 Å². The Morgan fingerprint density at radius 3 is 3.00 bits per heavy atom. The van der Waals surface area contributed by atoms with E-state index in [0.29, 0.717) is 25.8 Å². The van der Waals surface area contributed by atoms with Crippen molar-refractivity contribution in [1.82, 2.24) is 20.1 Å². The summed E-state index contributed by atoms with van der Waals surface area (Å²) in [5, 5.41) is 2.95. The van der Waals surface area contributed by atoms with Crippen LogP contribution in [0.4, 0.5) is 0 Å². The van der Waals surface area contributed by atoms with Gasteiger partial charge in [-0.15, -0.1) is 0 Å². The summed E-state index contributed by atoms with van der Waals surface area (Å²) in [7, 11) is 2.12. The Bertz CT molecular complexity index is 592. The van der Waals surface area contributed by atoms with Crippen molar-refractivity contribution in [2.45, 2.75) is 37.6 Å². The van der Waals surface area contributed by atoms with Crippen molar-refractivity contribution in [2.75, 3.05) is 33.2 Å². The Kier molecular flexibility index (Phi) is 5.14. The van der Waals surface area contributed by atoms with E-state index in [4.69, 9.17) is 0 Å². The molecule has 1 unspecified atom stereocenters. The lowest BCUT2D eigenvalue weighted by atomic mass is 9.86. The summed E-state index contributed by atoms with van der Waals surface area (Å²) in [5.41, 5.74) is 0.886. The second-order valence-corrected chi connectivity index (χ2v) is 6.88. The standard InChI is InChI=1S/C18H26N4O2/c1-21-12-13-22(14-18(21)8-7-16(23)20-11-9-18)17(24)6-5-15-4-2-3-10-19-15/h2-4,10H,5-9,11-14H2,1H3,(H,20,23). The van der Waals surface area contributed by atoms with Gasteiger partial charge < -0.3 is 10.2 Å². The highest BCUT2D eigenvalue weighted by molar-refractivity contribution is 5.77. The zero-order valence-corrected chi connectivity index (χ0v) is 14.3. The van der Waals surface area contributed by atoms with Crippen LogP contribution in [0.2, 0.25) is 0 Å². The number of carbonyl (C=O) groups is 2. The second kappa shape index (κ2) is 7.30. The van der Waals surface area contributed by atoms with Crippen LogP contribution >= 0.6 is 0 Å². The van der Waals surface area contributed by atoms with Crippen LogP contribution < -0.4 is 5.32 Å². The molecule has 0 bridgehead atoms. The van der Waals surface area contributed by atoms with Gasteiger partial charge in [0, 0.05) is 56.5 Å².